The second-order valence-corrected chi connectivity index (χ2v) is 5.46. The zero-order chi connectivity index (χ0) is 18.4. The molecule has 1 aliphatic heterocycles. The van der Waals surface area contributed by atoms with Crippen molar-refractivity contribution in [2.75, 3.05) is 14.2 Å². The van der Waals surface area contributed by atoms with Crippen LogP contribution in [0.4, 0.5) is 4.39 Å². The fraction of sp³-hybridized carbons (Fsp3) is 0.133. The van der Waals surface area contributed by atoms with Gasteiger partial charge in [0.2, 0.25) is 0 Å². The monoisotopic (exact) mass is 365 g/mol. The van der Waals surface area contributed by atoms with Crippen molar-refractivity contribution >= 4 is 41.0 Å². The first kappa shape index (κ1) is 18.3. The number of hydrogen-bond donors (Lipinski definition) is 1. The Bertz CT molecular complexity index is 819. The fourth-order valence-electron chi connectivity index (χ4n) is 1.74. The van der Waals surface area contributed by atoms with E-state index in [1.807, 2.05) is 0 Å². The number of halogens is 1. The Morgan fingerprint density at radius 1 is 1.28 bits per heavy atom. The van der Waals surface area contributed by atoms with Gasteiger partial charge in [0.25, 0.3) is 5.91 Å². The van der Waals surface area contributed by atoms with Crippen LogP contribution in [0.2, 0.25) is 0 Å². The Hall–Kier alpha value is -3.01. The number of thioether (sulfide) groups is 1. The summed E-state index contributed by atoms with van der Waals surface area (Å²) in [6.45, 7) is 0. The molecule has 1 aliphatic rings. The van der Waals surface area contributed by atoms with E-state index in [-0.39, 0.29) is 21.2 Å². The number of esters is 2. The van der Waals surface area contributed by atoms with Crippen LogP contribution >= 0.6 is 11.8 Å². The van der Waals surface area contributed by atoms with E-state index in [0.29, 0.717) is 0 Å². The molecular weight excluding hydrogens is 353 g/mol. The molecule has 0 saturated carbocycles. The molecule has 0 aromatic heterocycles. The van der Waals surface area contributed by atoms with Gasteiger partial charge in [-0.2, -0.15) is 5.10 Å². The summed E-state index contributed by atoms with van der Waals surface area (Å²) >= 11 is 0.867. The van der Waals surface area contributed by atoms with Crippen molar-refractivity contribution in [2.45, 2.75) is 0 Å². The first-order valence-electron chi connectivity index (χ1n) is 6.73. The molecule has 8 nitrogen and oxygen atoms in total. The lowest BCUT2D eigenvalue weighted by molar-refractivity contribution is -0.135. The number of methoxy groups -OCH3 is 2. The number of nitrogens with one attached hydrogen (secondary N) is 1. The van der Waals surface area contributed by atoms with E-state index in [1.54, 1.807) is 0 Å². The normalized spacial score (nSPS) is 17.2. The lowest BCUT2D eigenvalue weighted by atomic mass is 10.1. The molecule has 0 bridgehead atoms. The Morgan fingerprint density at radius 3 is 2.72 bits per heavy atom. The minimum atomic E-state index is -0.722. The molecule has 1 N–H and O–H groups in total. The summed E-state index contributed by atoms with van der Waals surface area (Å²) in [7, 11) is 2.36. The molecule has 1 fully saturated rings. The van der Waals surface area contributed by atoms with E-state index in [2.05, 4.69) is 25.0 Å². The molecule has 2 rings (SSSR count). The van der Waals surface area contributed by atoms with Crippen LogP contribution in [0.5, 0.6) is 0 Å². The highest BCUT2D eigenvalue weighted by molar-refractivity contribution is 8.18. The van der Waals surface area contributed by atoms with Crippen molar-refractivity contribution in [2.24, 2.45) is 10.2 Å². The van der Waals surface area contributed by atoms with Crippen molar-refractivity contribution in [1.29, 1.82) is 0 Å². The predicted octanol–water partition coefficient (Wildman–Crippen LogP) is 1.22. The molecule has 0 radical (unpaired) electrons. The van der Waals surface area contributed by atoms with Crippen molar-refractivity contribution in [3.05, 3.63) is 46.1 Å². The van der Waals surface area contributed by atoms with Gasteiger partial charge in [-0.05, 0) is 23.9 Å². The van der Waals surface area contributed by atoms with Crippen LogP contribution in [-0.4, -0.2) is 43.4 Å². The molecule has 1 amide bonds. The standard InChI is InChI=1S/C15H12FN3O5S/c1-23-12(20)6-11-13(21)18-15(25-11)19-17-7-9-8(14(22)24-2)4-3-5-10(9)16/h3-7H,1-2H3,(H,18,19,21)/b11-6+,17-7?. The molecule has 1 heterocycles. The summed E-state index contributed by atoms with van der Waals surface area (Å²) in [5, 5.41) is 9.86. The Morgan fingerprint density at radius 2 is 2.04 bits per heavy atom. The molecule has 0 aliphatic carbocycles. The van der Waals surface area contributed by atoms with Gasteiger partial charge in [0.15, 0.2) is 5.17 Å². The van der Waals surface area contributed by atoms with Gasteiger partial charge >= 0.3 is 11.9 Å². The average Bonchev–Trinajstić information content (AvgIpc) is 2.94. The number of rotatable bonds is 4. The second-order valence-electron chi connectivity index (χ2n) is 4.43. The highest BCUT2D eigenvalue weighted by Gasteiger charge is 2.25. The summed E-state index contributed by atoms with van der Waals surface area (Å²) in [5.41, 5.74) is -0.112. The van der Waals surface area contributed by atoms with Gasteiger partial charge in [0.1, 0.15) is 5.82 Å². The van der Waals surface area contributed by atoms with Gasteiger partial charge in [0.05, 0.1) is 30.9 Å². The zero-order valence-corrected chi connectivity index (χ0v) is 13.9. The number of amides is 1. The van der Waals surface area contributed by atoms with Crippen LogP contribution in [-0.2, 0) is 19.1 Å². The van der Waals surface area contributed by atoms with Crippen LogP contribution in [0.25, 0.3) is 0 Å². The number of ether oxygens (including phenoxy) is 2. The molecule has 1 aromatic rings. The molecule has 25 heavy (non-hydrogen) atoms. The van der Waals surface area contributed by atoms with Crippen molar-refractivity contribution in [3.63, 3.8) is 0 Å². The maximum Gasteiger partial charge on any atom is 0.338 e. The first-order chi connectivity index (χ1) is 12.0. The number of carbonyl (C=O) groups excluding carboxylic acids is 3. The largest absolute Gasteiger partial charge is 0.466 e. The van der Waals surface area contributed by atoms with Gasteiger partial charge in [0, 0.05) is 11.6 Å². The molecule has 1 aromatic carbocycles. The van der Waals surface area contributed by atoms with Crippen LogP contribution in [0, 0.1) is 5.82 Å². The van der Waals surface area contributed by atoms with E-state index in [1.165, 1.54) is 26.4 Å². The topological polar surface area (TPSA) is 106 Å². The SMILES string of the molecule is COC(=O)/C=C1/S/C(=N\N=Cc2c(F)cccc2C(=O)OC)NC1=O. The van der Waals surface area contributed by atoms with Gasteiger partial charge in [-0.3, -0.25) is 10.1 Å². The van der Waals surface area contributed by atoms with E-state index < -0.39 is 23.7 Å². The van der Waals surface area contributed by atoms with Crippen molar-refractivity contribution in [1.82, 2.24) is 5.32 Å². The van der Waals surface area contributed by atoms with Crippen LogP contribution in [0.1, 0.15) is 15.9 Å². The molecule has 10 heteroatoms. The van der Waals surface area contributed by atoms with Crippen molar-refractivity contribution < 1.29 is 28.2 Å². The number of hydrogen-bond acceptors (Lipinski definition) is 8. The lowest BCUT2D eigenvalue weighted by Gasteiger charge is -2.03. The third-order valence-corrected chi connectivity index (χ3v) is 3.79. The van der Waals surface area contributed by atoms with Crippen molar-refractivity contribution in [3.8, 4) is 0 Å². The summed E-state index contributed by atoms with van der Waals surface area (Å²) in [6.07, 6.45) is 2.04. The Kier molecular flexibility index (Phi) is 6.01. The quantitative estimate of drug-likeness (QED) is 0.372. The summed E-state index contributed by atoms with van der Waals surface area (Å²) in [6, 6.07) is 3.90. The fourth-order valence-corrected chi connectivity index (χ4v) is 2.48. The maximum absolute atomic E-state index is 13.9. The van der Waals surface area contributed by atoms with E-state index >= 15 is 0 Å². The van der Waals surface area contributed by atoms with E-state index in [9.17, 15) is 18.8 Å². The first-order valence-corrected chi connectivity index (χ1v) is 7.54. The molecular formula is C15H12FN3O5S. The molecule has 0 atom stereocenters. The molecule has 0 spiro atoms. The number of nitrogens with zero attached hydrogens (tertiary/aromatic N) is 2. The predicted molar refractivity (Wildman–Crippen MR) is 88.6 cm³/mol. The smallest absolute Gasteiger partial charge is 0.338 e. The van der Waals surface area contributed by atoms with Crippen LogP contribution in [0.3, 0.4) is 0 Å². The molecule has 130 valence electrons. The number of benzene rings is 1. The van der Waals surface area contributed by atoms with Gasteiger partial charge in [-0.1, -0.05) is 6.07 Å². The highest BCUT2D eigenvalue weighted by atomic mass is 32.2. The third-order valence-electron chi connectivity index (χ3n) is 2.89. The number of amidine groups is 1. The second kappa shape index (κ2) is 8.20. The average molecular weight is 365 g/mol. The van der Waals surface area contributed by atoms with E-state index in [0.717, 1.165) is 30.1 Å². The van der Waals surface area contributed by atoms with Gasteiger partial charge in [-0.15, -0.1) is 5.10 Å². The molecule has 1 saturated heterocycles. The summed E-state index contributed by atoms with van der Waals surface area (Å²) < 4.78 is 22.9. The molecule has 0 unspecified atom stereocenters. The van der Waals surface area contributed by atoms with Crippen LogP contribution in [0.15, 0.2) is 39.4 Å². The maximum atomic E-state index is 13.9. The minimum Gasteiger partial charge on any atom is -0.466 e. The van der Waals surface area contributed by atoms with Crippen LogP contribution < -0.4 is 5.32 Å². The van der Waals surface area contributed by atoms with Gasteiger partial charge in [-0.25, -0.2) is 14.0 Å². The summed E-state index contributed by atoms with van der Waals surface area (Å²) in [4.78, 5) is 34.5. The number of carbonyl (C=O) groups is 3. The highest BCUT2D eigenvalue weighted by Crippen LogP contribution is 2.23. The minimum absolute atomic E-state index is 0.0131. The Labute approximate surface area is 145 Å². The lowest BCUT2D eigenvalue weighted by Crippen LogP contribution is -2.19. The third kappa shape index (κ3) is 4.51. The Balaban J connectivity index is 2.21. The van der Waals surface area contributed by atoms with E-state index in [4.69, 9.17) is 0 Å². The zero-order valence-electron chi connectivity index (χ0n) is 13.1. The summed E-state index contributed by atoms with van der Waals surface area (Å²) in [5.74, 6) is -2.62. The van der Waals surface area contributed by atoms with Gasteiger partial charge < -0.3 is 9.47 Å².